The summed E-state index contributed by atoms with van der Waals surface area (Å²) in [5.41, 5.74) is 2.59. The van der Waals surface area contributed by atoms with Crippen molar-refractivity contribution in [1.29, 1.82) is 0 Å². The Hall–Kier alpha value is -1.72. The minimum atomic E-state index is -1.01. The van der Waals surface area contributed by atoms with Gasteiger partial charge in [0.05, 0.1) is 25.4 Å². The van der Waals surface area contributed by atoms with Crippen molar-refractivity contribution >= 4 is 0 Å². The van der Waals surface area contributed by atoms with Crippen molar-refractivity contribution in [1.82, 2.24) is 0 Å². The molecule has 1 heterocycles. The SMILES string of the molecule is CC(O)CCCC1CCOC(c2ccccc2)(c2ccccc2CO)O1. The van der Waals surface area contributed by atoms with E-state index in [1.54, 1.807) is 0 Å². The third-order valence-corrected chi connectivity index (χ3v) is 4.92. The standard InChI is InChI=1S/C22H28O4/c1-17(24)8-7-12-20-14-15-25-22(26-20,19-10-3-2-4-11-19)21-13-6-5-9-18(21)16-23/h2-6,9-11,13,17,20,23-24H,7-8,12,14-16H2,1H3. The molecule has 26 heavy (non-hydrogen) atoms. The molecule has 0 amide bonds. The summed E-state index contributed by atoms with van der Waals surface area (Å²) in [6, 6.07) is 17.7. The lowest BCUT2D eigenvalue weighted by molar-refractivity contribution is -0.280. The normalized spacial score (nSPS) is 24.3. The first-order valence-electron chi connectivity index (χ1n) is 9.40. The molecule has 3 rings (SSSR count). The van der Waals surface area contributed by atoms with Crippen LogP contribution in [0.2, 0.25) is 0 Å². The fraction of sp³-hybridized carbons (Fsp3) is 0.455. The summed E-state index contributed by atoms with van der Waals surface area (Å²) in [5.74, 6) is -1.01. The molecular weight excluding hydrogens is 328 g/mol. The molecule has 1 saturated heterocycles. The molecule has 0 bridgehead atoms. The summed E-state index contributed by atoms with van der Waals surface area (Å²) < 4.78 is 12.8. The van der Waals surface area contributed by atoms with Crippen LogP contribution in [0.4, 0.5) is 0 Å². The van der Waals surface area contributed by atoms with Crippen molar-refractivity contribution in [2.45, 2.75) is 57.2 Å². The molecule has 4 nitrogen and oxygen atoms in total. The number of ether oxygens (including phenoxy) is 2. The van der Waals surface area contributed by atoms with Gasteiger partial charge in [0.2, 0.25) is 5.79 Å². The zero-order valence-electron chi connectivity index (χ0n) is 15.3. The van der Waals surface area contributed by atoms with Gasteiger partial charge < -0.3 is 19.7 Å². The minimum absolute atomic E-state index is 0.0504. The first-order valence-corrected chi connectivity index (χ1v) is 9.40. The zero-order valence-corrected chi connectivity index (χ0v) is 15.3. The lowest BCUT2D eigenvalue weighted by Gasteiger charge is -2.42. The average Bonchev–Trinajstić information content (AvgIpc) is 2.68. The summed E-state index contributed by atoms with van der Waals surface area (Å²) in [4.78, 5) is 0. The van der Waals surface area contributed by atoms with Gasteiger partial charge in [-0.3, -0.25) is 0 Å². The Balaban J connectivity index is 1.94. The third-order valence-electron chi connectivity index (χ3n) is 4.92. The molecule has 140 valence electrons. The first kappa shape index (κ1) is 19.1. The highest BCUT2D eigenvalue weighted by Gasteiger charge is 2.43. The maximum atomic E-state index is 9.84. The Kier molecular flexibility index (Phi) is 6.43. The number of hydrogen-bond donors (Lipinski definition) is 2. The maximum absolute atomic E-state index is 9.84. The monoisotopic (exact) mass is 356 g/mol. The van der Waals surface area contributed by atoms with Crippen LogP contribution in [0.25, 0.3) is 0 Å². The molecule has 0 aliphatic carbocycles. The molecule has 2 aromatic rings. The van der Waals surface area contributed by atoms with Crippen LogP contribution in [0.15, 0.2) is 54.6 Å². The van der Waals surface area contributed by atoms with Gasteiger partial charge in [0, 0.05) is 11.1 Å². The molecular formula is C22H28O4. The Morgan fingerprint density at radius 3 is 2.58 bits per heavy atom. The first-order chi connectivity index (χ1) is 12.7. The van der Waals surface area contributed by atoms with Crippen LogP contribution in [0.1, 0.15) is 49.3 Å². The van der Waals surface area contributed by atoms with Gasteiger partial charge in [0.15, 0.2) is 0 Å². The second kappa shape index (κ2) is 8.78. The van der Waals surface area contributed by atoms with Crippen LogP contribution in [0, 0.1) is 0 Å². The van der Waals surface area contributed by atoms with E-state index in [0.717, 1.165) is 42.4 Å². The van der Waals surface area contributed by atoms with Gasteiger partial charge in [-0.1, -0.05) is 54.6 Å². The van der Waals surface area contributed by atoms with Crippen molar-refractivity contribution in [3.63, 3.8) is 0 Å². The van der Waals surface area contributed by atoms with Crippen LogP contribution in [0.3, 0.4) is 0 Å². The molecule has 0 radical (unpaired) electrons. The number of hydrogen-bond acceptors (Lipinski definition) is 4. The van der Waals surface area contributed by atoms with E-state index >= 15 is 0 Å². The Bertz CT molecular complexity index is 686. The highest BCUT2D eigenvalue weighted by Crippen LogP contribution is 2.42. The molecule has 2 N–H and O–H groups in total. The molecule has 0 saturated carbocycles. The number of aliphatic hydroxyl groups is 2. The van der Waals surface area contributed by atoms with Gasteiger partial charge in [-0.05, 0) is 38.2 Å². The largest absolute Gasteiger partial charge is 0.393 e. The van der Waals surface area contributed by atoms with Crippen molar-refractivity contribution in [2.24, 2.45) is 0 Å². The van der Waals surface area contributed by atoms with Crippen LogP contribution in [-0.2, 0) is 21.9 Å². The molecule has 3 atom stereocenters. The zero-order chi connectivity index (χ0) is 18.4. The van der Waals surface area contributed by atoms with E-state index in [0.29, 0.717) is 6.61 Å². The fourth-order valence-corrected chi connectivity index (χ4v) is 3.59. The molecule has 1 fully saturated rings. The number of rotatable bonds is 7. The van der Waals surface area contributed by atoms with E-state index in [1.165, 1.54) is 0 Å². The molecule has 0 spiro atoms. The highest BCUT2D eigenvalue weighted by atomic mass is 16.7. The van der Waals surface area contributed by atoms with Crippen LogP contribution in [-0.4, -0.2) is 29.0 Å². The molecule has 0 aromatic heterocycles. The third kappa shape index (κ3) is 4.15. The molecule has 3 unspecified atom stereocenters. The minimum Gasteiger partial charge on any atom is -0.393 e. The predicted octanol–water partition coefficient (Wildman–Crippen LogP) is 3.74. The van der Waals surface area contributed by atoms with Gasteiger partial charge in [-0.15, -0.1) is 0 Å². The van der Waals surface area contributed by atoms with Gasteiger partial charge in [0.1, 0.15) is 0 Å². The molecule has 1 aliphatic heterocycles. The van der Waals surface area contributed by atoms with Crippen molar-refractivity contribution in [2.75, 3.05) is 6.61 Å². The van der Waals surface area contributed by atoms with Gasteiger partial charge in [-0.2, -0.15) is 0 Å². The van der Waals surface area contributed by atoms with Crippen molar-refractivity contribution < 1.29 is 19.7 Å². The van der Waals surface area contributed by atoms with E-state index < -0.39 is 5.79 Å². The molecule has 1 aliphatic rings. The number of aliphatic hydroxyl groups excluding tert-OH is 2. The summed E-state index contributed by atoms with van der Waals surface area (Å²) in [6.07, 6.45) is 3.15. The molecule has 4 heteroatoms. The summed E-state index contributed by atoms with van der Waals surface area (Å²) >= 11 is 0. The summed E-state index contributed by atoms with van der Waals surface area (Å²) in [6.45, 7) is 2.34. The van der Waals surface area contributed by atoms with Gasteiger partial charge in [-0.25, -0.2) is 0 Å². The maximum Gasteiger partial charge on any atom is 0.222 e. The quantitative estimate of drug-likeness (QED) is 0.793. The smallest absolute Gasteiger partial charge is 0.222 e. The highest BCUT2D eigenvalue weighted by molar-refractivity contribution is 5.39. The Labute approximate surface area is 155 Å². The van der Waals surface area contributed by atoms with E-state index in [2.05, 4.69) is 0 Å². The van der Waals surface area contributed by atoms with E-state index in [4.69, 9.17) is 9.47 Å². The van der Waals surface area contributed by atoms with E-state index in [9.17, 15) is 10.2 Å². The van der Waals surface area contributed by atoms with Crippen LogP contribution in [0.5, 0.6) is 0 Å². The summed E-state index contributed by atoms with van der Waals surface area (Å²) in [5, 5.41) is 19.4. The van der Waals surface area contributed by atoms with E-state index in [-0.39, 0.29) is 18.8 Å². The van der Waals surface area contributed by atoms with E-state index in [1.807, 2.05) is 61.5 Å². The summed E-state index contributed by atoms with van der Waals surface area (Å²) in [7, 11) is 0. The van der Waals surface area contributed by atoms with Crippen LogP contribution >= 0.6 is 0 Å². The average molecular weight is 356 g/mol. The van der Waals surface area contributed by atoms with Crippen LogP contribution < -0.4 is 0 Å². The molecule has 2 aromatic carbocycles. The topological polar surface area (TPSA) is 58.9 Å². The lowest BCUT2D eigenvalue weighted by atomic mass is 9.91. The fourth-order valence-electron chi connectivity index (χ4n) is 3.59. The second-order valence-electron chi connectivity index (χ2n) is 6.95. The Morgan fingerprint density at radius 1 is 1.12 bits per heavy atom. The lowest BCUT2D eigenvalue weighted by Crippen LogP contribution is -2.44. The second-order valence-corrected chi connectivity index (χ2v) is 6.95. The predicted molar refractivity (Wildman–Crippen MR) is 101 cm³/mol. The van der Waals surface area contributed by atoms with Crippen molar-refractivity contribution in [3.05, 3.63) is 71.3 Å². The van der Waals surface area contributed by atoms with Gasteiger partial charge >= 0.3 is 0 Å². The van der Waals surface area contributed by atoms with Gasteiger partial charge in [0.25, 0.3) is 0 Å². The Morgan fingerprint density at radius 2 is 1.85 bits per heavy atom. The number of benzene rings is 2. The van der Waals surface area contributed by atoms with Crippen molar-refractivity contribution in [3.8, 4) is 0 Å².